The fourth-order valence-corrected chi connectivity index (χ4v) is 1.35. The lowest BCUT2D eigenvalue weighted by Gasteiger charge is -2.07. The molecule has 7 heteroatoms. The van der Waals surface area contributed by atoms with E-state index in [1.54, 1.807) is 19.1 Å². The van der Waals surface area contributed by atoms with Gasteiger partial charge in [0.15, 0.2) is 0 Å². The van der Waals surface area contributed by atoms with Crippen LogP contribution in [-0.2, 0) is 14.3 Å². The summed E-state index contributed by atoms with van der Waals surface area (Å²) in [6, 6.07) is 6.18. The molecule has 0 fully saturated rings. The minimum atomic E-state index is -0.649. The Hall–Kier alpha value is -2.57. The van der Waals surface area contributed by atoms with E-state index in [-0.39, 0.29) is 13.2 Å². The van der Waals surface area contributed by atoms with Crippen LogP contribution in [0.3, 0.4) is 0 Å². The molecular weight excluding hydrogens is 264 g/mol. The second kappa shape index (κ2) is 7.78. The number of hydrogen-bond acceptors (Lipinski definition) is 5. The van der Waals surface area contributed by atoms with E-state index in [9.17, 15) is 14.4 Å². The molecule has 0 aliphatic carbocycles. The Morgan fingerprint density at radius 2 is 1.80 bits per heavy atom. The van der Waals surface area contributed by atoms with E-state index in [1.807, 2.05) is 0 Å². The third kappa shape index (κ3) is 4.97. The number of rotatable bonds is 5. The summed E-state index contributed by atoms with van der Waals surface area (Å²) in [5.74, 6) is -0.851. The van der Waals surface area contributed by atoms with Crippen LogP contribution in [0.25, 0.3) is 0 Å². The van der Waals surface area contributed by atoms with Crippen LogP contribution in [-0.4, -0.2) is 38.2 Å². The quantitative estimate of drug-likeness (QED) is 0.789. The summed E-state index contributed by atoms with van der Waals surface area (Å²) in [6.45, 7) is 1.71. The van der Waals surface area contributed by atoms with Gasteiger partial charge in [-0.1, -0.05) is 0 Å². The van der Waals surface area contributed by atoms with Crippen LogP contribution in [0, 0.1) is 0 Å². The normalized spacial score (nSPS) is 9.50. The predicted molar refractivity (Wildman–Crippen MR) is 71.4 cm³/mol. The van der Waals surface area contributed by atoms with Gasteiger partial charge in [-0.15, -0.1) is 0 Å². The standard InChI is InChI=1S/C13H16N2O5/c1-3-20-13(18)14-8-11(16)15-10-6-4-9(5-7-10)12(17)19-2/h4-7H,3,8H2,1-2H3,(H,14,18)(H,15,16). The molecule has 2 N–H and O–H groups in total. The number of nitrogens with one attached hydrogen (secondary N) is 2. The number of carbonyl (C=O) groups excluding carboxylic acids is 3. The van der Waals surface area contributed by atoms with E-state index in [1.165, 1.54) is 19.2 Å². The van der Waals surface area contributed by atoms with Crippen LogP contribution in [0.1, 0.15) is 17.3 Å². The lowest BCUT2D eigenvalue weighted by atomic mass is 10.2. The SMILES string of the molecule is CCOC(=O)NCC(=O)Nc1ccc(C(=O)OC)cc1. The Kier molecular flexibility index (Phi) is 6.02. The van der Waals surface area contributed by atoms with Gasteiger partial charge in [-0.3, -0.25) is 4.79 Å². The molecule has 20 heavy (non-hydrogen) atoms. The van der Waals surface area contributed by atoms with Gasteiger partial charge in [-0.2, -0.15) is 0 Å². The molecule has 0 aliphatic rings. The molecule has 0 aromatic heterocycles. The first-order chi connectivity index (χ1) is 9.56. The van der Waals surface area contributed by atoms with Gasteiger partial charge in [0.05, 0.1) is 19.3 Å². The zero-order valence-electron chi connectivity index (χ0n) is 11.3. The Morgan fingerprint density at radius 3 is 2.35 bits per heavy atom. The molecule has 1 aromatic carbocycles. The number of carbonyl (C=O) groups is 3. The third-order valence-corrected chi connectivity index (χ3v) is 2.26. The Morgan fingerprint density at radius 1 is 1.15 bits per heavy atom. The van der Waals surface area contributed by atoms with Gasteiger partial charge in [0.2, 0.25) is 5.91 Å². The van der Waals surface area contributed by atoms with Crippen molar-refractivity contribution in [2.75, 3.05) is 25.6 Å². The van der Waals surface area contributed by atoms with Crippen LogP contribution in [0.2, 0.25) is 0 Å². The summed E-state index contributed by atoms with van der Waals surface area (Å²) in [5, 5.41) is 4.86. The molecule has 0 unspecified atom stereocenters. The van der Waals surface area contributed by atoms with Crippen molar-refractivity contribution in [2.24, 2.45) is 0 Å². The highest BCUT2D eigenvalue weighted by Gasteiger charge is 2.07. The van der Waals surface area contributed by atoms with Gasteiger partial charge < -0.3 is 20.1 Å². The third-order valence-electron chi connectivity index (χ3n) is 2.26. The van der Waals surface area contributed by atoms with Crippen molar-refractivity contribution >= 4 is 23.7 Å². The Balaban J connectivity index is 2.46. The van der Waals surface area contributed by atoms with E-state index in [0.717, 1.165) is 0 Å². The number of benzene rings is 1. The van der Waals surface area contributed by atoms with Crippen LogP contribution in [0.4, 0.5) is 10.5 Å². The number of amides is 2. The highest BCUT2D eigenvalue weighted by atomic mass is 16.5. The molecule has 0 spiro atoms. The molecule has 2 amide bonds. The lowest BCUT2D eigenvalue weighted by Crippen LogP contribution is -2.33. The number of anilines is 1. The number of alkyl carbamates (subject to hydrolysis) is 1. The highest BCUT2D eigenvalue weighted by molar-refractivity contribution is 5.95. The largest absolute Gasteiger partial charge is 0.465 e. The van der Waals surface area contributed by atoms with Gasteiger partial charge in [-0.05, 0) is 31.2 Å². The maximum atomic E-state index is 11.5. The van der Waals surface area contributed by atoms with Gasteiger partial charge in [0, 0.05) is 5.69 Å². The van der Waals surface area contributed by atoms with E-state index < -0.39 is 18.0 Å². The molecule has 0 saturated heterocycles. The lowest BCUT2D eigenvalue weighted by molar-refractivity contribution is -0.115. The molecule has 0 saturated carbocycles. The van der Waals surface area contributed by atoms with Crippen molar-refractivity contribution in [2.45, 2.75) is 6.92 Å². The van der Waals surface area contributed by atoms with E-state index >= 15 is 0 Å². The predicted octanol–water partition coefficient (Wildman–Crippen LogP) is 1.16. The second-order valence-corrected chi connectivity index (χ2v) is 3.69. The molecule has 7 nitrogen and oxygen atoms in total. The fraction of sp³-hybridized carbons (Fsp3) is 0.308. The van der Waals surface area contributed by atoms with Crippen molar-refractivity contribution in [3.8, 4) is 0 Å². The van der Waals surface area contributed by atoms with Crippen LogP contribution < -0.4 is 10.6 Å². The van der Waals surface area contributed by atoms with E-state index in [0.29, 0.717) is 11.3 Å². The van der Waals surface area contributed by atoms with Crippen LogP contribution in [0.15, 0.2) is 24.3 Å². The Bertz CT molecular complexity index is 484. The van der Waals surface area contributed by atoms with Crippen molar-refractivity contribution in [3.05, 3.63) is 29.8 Å². The van der Waals surface area contributed by atoms with E-state index in [4.69, 9.17) is 0 Å². The first-order valence-corrected chi connectivity index (χ1v) is 5.95. The van der Waals surface area contributed by atoms with Gasteiger partial charge in [0.25, 0.3) is 0 Å². The topological polar surface area (TPSA) is 93.7 Å². The maximum absolute atomic E-state index is 11.5. The van der Waals surface area contributed by atoms with Crippen molar-refractivity contribution < 1.29 is 23.9 Å². The molecule has 1 rings (SSSR count). The summed E-state index contributed by atoms with van der Waals surface area (Å²) in [4.78, 5) is 33.7. The zero-order chi connectivity index (χ0) is 15.0. The molecule has 108 valence electrons. The highest BCUT2D eigenvalue weighted by Crippen LogP contribution is 2.10. The molecular formula is C13H16N2O5. The summed E-state index contributed by atoms with van der Waals surface area (Å²) in [6.07, 6.45) is -0.649. The minimum absolute atomic E-state index is 0.197. The monoisotopic (exact) mass is 280 g/mol. The zero-order valence-corrected chi connectivity index (χ0v) is 11.3. The number of methoxy groups -OCH3 is 1. The van der Waals surface area contributed by atoms with Crippen molar-refractivity contribution in [3.63, 3.8) is 0 Å². The number of esters is 1. The average molecular weight is 280 g/mol. The average Bonchev–Trinajstić information content (AvgIpc) is 2.45. The van der Waals surface area contributed by atoms with Crippen molar-refractivity contribution in [1.29, 1.82) is 0 Å². The molecule has 1 aromatic rings. The van der Waals surface area contributed by atoms with E-state index in [2.05, 4.69) is 20.1 Å². The smallest absolute Gasteiger partial charge is 0.407 e. The molecule has 0 heterocycles. The first-order valence-electron chi connectivity index (χ1n) is 5.95. The van der Waals surface area contributed by atoms with Crippen molar-refractivity contribution in [1.82, 2.24) is 5.32 Å². The maximum Gasteiger partial charge on any atom is 0.407 e. The minimum Gasteiger partial charge on any atom is -0.465 e. The Labute approximate surface area is 116 Å². The van der Waals surface area contributed by atoms with Crippen LogP contribution in [0.5, 0.6) is 0 Å². The molecule has 0 radical (unpaired) electrons. The summed E-state index contributed by atoms with van der Waals surface area (Å²) < 4.78 is 9.17. The summed E-state index contributed by atoms with van der Waals surface area (Å²) in [7, 11) is 1.29. The fourth-order valence-electron chi connectivity index (χ4n) is 1.35. The summed E-state index contributed by atoms with van der Waals surface area (Å²) in [5.41, 5.74) is 0.892. The molecule has 0 aliphatic heterocycles. The first kappa shape index (κ1) is 15.5. The summed E-state index contributed by atoms with van der Waals surface area (Å²) >= 11 is 0. The van der Waals surface area contributed by atoms with Gasteiger partial charge in [-0.25, -0.2) is 9.59 Å². The second-order valence-electron chi connectivity index (χ2n) is 3.69. The number of hydrogen-bond donors (Lipinski definition) is 2. The van der Waals surface area contributed by atoms with Crippen LogP contribution >= 0.6 is 0 Å². The molecule has 0 bridgehead atoms. The molecule has 0 atom stereocenters. The number of ether oxygens (including phenoxy) is 2. The van der Waals surface area contributed by atoms with Gasteiger partial charge >= 0.3 is 12.1 Å². The van der Waals surface area contributed by atoms with Gasteiger partial charge in [0.1, 0.15) is 6.54 Å².